The molecule has 3 rings (SSSR count). The molecule has 2 aromatic carbocycles. The predicted molar refractivity (Wildman–Crippen MR) is 57.5 cm³/mol. The second kappa shape index (κ2) is 4.44. The Hall–Kier alpha value is -1.06. The average Bonchev–Trinajstić information content (AvgIpc) is 2.27. The fourth-order valence-corrected chi connectivity index (χ4v) is 1.56. The maximum absolute atomic E-state index is 9.61. The third-order valence-electron chi connectivity index (χ3n) is 2.27. The van der Waals surface area contributed by atoms with Gasteiger partial charge in [0.05, 0.1) is 11.0 Å². The molecule has 1 N–H and O–H groups in total. The predicted octanol–water partition coefficient (Wildman–Crippen LogP) is 2.29. The minimum atomic E-state index is 0. The molecule has 0 bridgehead atoms. The second-order valence-electron chi connectivity index (χ2n) is 3.27. The van der Waals surface area contributed by atoms with E-state index < -0.39 is 0 Å². The maximum atomic E-state index is 9.61. The van der Waals surface area contributed by atoms with E-state index in [1.165, 1.54) is 0 Å². The van der Waals surface area contributed by atoms with Crippen molar-refractivity contribution in [3.63, 3.8) is 0 Å². The molecule has 0 saturated heterocycles. The molecule has 75 valence electrons. The Kier molecular flexibility index (Phi) is 3.17. The quantitative estimate of drug-likeness (QED) is 0.509. The van der Waals surface area contributed by atoms with Crippen LogP contribution in [0.1, 0.15) is 0 Å². The van der Waals surface area contributed by atoms with Crippen LogP contribution >= 0.6 is 0 Å². The van der Waals surface area contributed by atoms with Crippen molar-refractivity contribution in [1.29, 1.82) is 0 Å². The molecule has 0 aliphatic rings. The van der Waals surface area contributed by atoms with Crippen LogP contribution in [0, 0.1) is 6.07 Å². The van der Waals surface area contributed by atoms with Crippen molar-refractivity contribution in [2.75, 3.05) is 0 Å². The molecular formula is C12H7N2OY-. The molecule has 1 heterocycles. The van der Waals surface area contributed by atoms with Crippen LogP contribution in [0.3, 0.4) is 0 Å². The first-order chi connectivity index (χ1) is 7.34. The number of para-hydroxylation sites is 2. The van der Waals surface area contributed by atoms with Crippen LogP contribution in [0.4, 0.5) is 0 Å². The summed E-state index contributed by atoms with van der Waals surface area (Å²) < 4.78 is 0. The zero-order valence-corrected chi connectivity index (χ0v) is 11.2. The molecule has 4 heteroatoms. The number of rotatable bonds is 0. The molecule has 0 saturated carbocycles. The molecule has 0 fully saturated rings. The fraction of sp³-hybridized carbons (Fsp3) is 0. The normalized spacial score (nSPS) is 10.2. The summed E-state index contributed by atoms with van der Waals surface area (Å²) >= 11 is 0. The number of aromatic hydroxyl groups is 1. The SMILES string of the molecule is Oc1cc[c-]c2nc3ccccc3nc12.[Y]. The van der Waals surface area contributed by atoms with Crippen molar-refractivity contribution < 1.29 is 37.8 Å². The van der Waals surface area contributed by atoms with Crippen LogP contribution in [-0.4, -0.2) is 15.1 Å². The van der Waals surface area contributed by atoms with E-state index in [1.54, 1.807) is 12.1 Å². The zero-order chi connectivity index (χ0) is 10.3. The van der Waals surface area contributed by atoms with Gasteiger partial charge in [-0.05, 0) is 17.6 Å². The van der Waals surface area contributed by atoms with Gasteiger partial charge >= 0.3 is 0 Å². The molecule has 1 radical (unpaired) electrons. The second-order valence-corrected chi connectivity index (χ2v) is 3.27. The minimum absolute atomic E-state index is 0. The Labute approximate surface area is 117 Å². The maximum Gasteiger partial charge on any atom is 0.0855 e. The largest absolute Gasteiger partial charge is 0.531 e. The van der Waals surface area contributed by atoms with Crippen LogP contribution in [0.25, 0.3) is 22.1 Å². The smallest absolute Gasteiger partial charge is 0.0855 e. The van der Waals surface area contributed by atoms with Gasteiger partial charge in [-0.15, -0.1) is 6.07 Å². The first-order valence-corrected chi connectivity index (χ1v) is 4.61. The van der Waals surface area contributed by atoms with Crippen LogP contribution in [0.5, 0.6) is 5.75 Å². The van der Waals surface area contributed by atoms with Gasteiger partial charge in [0, 0.05) is 44.0 Å². The van der Waals surface area contributed by atoms with Gasteiger partial charge in [0.1, 0.15) is 0 Å². The summed E-state index contributed by atoms with van der Waals surface area (Å²) in [6.45, 7) is 0. The molecule has 0 aliphatic carbocycles. The van der Waals surface area contributed by atoms with Crippen molar-refractivity contribution in [2.24, 2.45) is 0 Å². The monoisotopic (exact) mass is 284 g/mol. The van der Waals surface area contributed by atoms with E-state index in [0.29, 0.717) is 11.0 Å². The Bertz CT molecular complexity index is 655. The van der Waals surface area contributed by atoms with E-state index in [4.69, 9.17) is 0 Å². The summed E-state index contributed by atoms with van der Waals surface area (Å²) in [6.07, 6.45) is 0. The Morgan fingerprint density at radius 3 is 2.44 bits per heavy atom. The Balaban J connectivity index is 0.000000963. The minimum Gasteiger partial charge on any atom is -0.531 e. The Morgan fingerprint density at radius 1 is 1.00 bits per heavy atom. The fourth-order valence-electron chi connectivity index (χ4n) is 1.56. The molecule has 0 spiro atoms. The van der Waals surface area contributed by atoms with Crippen molar-refractivity contribution in [3.05, 3.63) is 42.5 Å². The van der Waals surface area contributed by atoms with Crippen molar-refractivity contribution >= 4 is 22.1 Å². The first kappa shape index (κ1) is 11.4. The van der Waals surface area contributed by atoms with Crippen LogP contribution in [0.2, 0.25) is 0 Å². The van der Waals surface area contributed by atoms with Crippen LogP contribution in [0.15, 0.2) is 36.4 Å². The van der Waals surface area contributed by atoms with Gasteiger partial charge < -0.3 is 10.1 Å². The van der Waals surface area contributed by atoms with Gasteiger partial charge in [-0.3, -0.25) is 4.98 Å². The summed E-state index contributed by atoms with van der Waals surface area (Å²) in [5, 5.41) is 9.61. The first-order valence-electron chi connectivity index (χ1n) is 4.61. The van der Waals surface area contributed by atoms with Crippen molar-refractivity contribution in [2.45, 2.75) is 0 Å². The standard InChI is InChI=1S/C12H7N2O.Y/c15-11-7-3-6-10-12(11)14-9-5-2-1-4-8(9)13-10;/h1-5,7,15H;/q-1;. The molecular weight excluding hydrogens is 277 g/mol. The van der Waals surface area contributed by atoms with E-state index in [2.05, 4.69) is 16.0 Å². The number of phenols is 1. The Morgan fingerprint density at radius 2 is 1.69 bits per heavy atom. The molecule has 0 amide bonds. The number of benzene rings is 2. The van der Waals surface area contributed by atoms with E-state index >= 15 is 0 Å². The van der Waals surface area contributed by atoms with Crippen molar-refractivity contribution in [1.82, 2.24) is 9.97 Å². The third kappa shape index (κ3) is 1.81. The number of aromatic nitrogens is 2. The van der Waals surface area contributed by atoms with E-state index in [0.717, 1.165) is 11.0 Å². The van der Waals surface area contributed by atoms with Gasteiger partial charge in [0.25, 0.3) is 0 Å². The van der Waals surface area contributed by atoms with E-state index in [9.17, 15) is 5.11 Å². The van der Waals surface area contributed by atoms with Crippen LogP contribution < -0.4 is 0 Å². The summed E-state index contributed by atoms with van der Waals surface area (Å²) in [5.41, 5.74) is 2.68. The van der Waals surface area contributed by atoms with Gasteiger partial charge in [0.15, 0.2) is 0 Å². The molecule has 0 aliphatic heterocycles. The van der Waals surface area contributed by atoms with Gasteiger partial charge in [0.2, 0.25) is 0 Å². The number of phenolic OH excluding ortho intramolecular Hbond substituents is 1. The molecule has 3 aromatic rings. The van der Waals surface area contributed by atoms with E-state index in [-0.39, 0.29) is 38.5 Å². The number of fused-ring (bicyclic) bond motifs is 2. The molecule has 0 atom stereocenters. The van der Waals surface area contributed by atoms with Gasteiger partial charge in [-0.25, -0.2) is 0 Å². The summed E-state index contributed by atoms with van der Waals surface area (Å²) in [5.74, 6) is 0.141. The number of hydrogen-bond acceptors (Lipinski definition) is 3. The summed E-state index contributed by atoms with van der Waals surface area (Å²) in [7, 11) is 0. The molecule has 1 aromatic heterocycles. The summed E-state index contributed by atoms with van der Waals surface area (Å²) in [6, 6.07) is 13.7. The van der Waals surface area contributed by atoms with Gasteiger partial charge in [-0.2, -0.15) is 12.1 Å². The molecule has 0 unspecified atom stereocenters. The van der Waals surface area contributed by atoms with Crippen molar-refractivity contribution in [3.8, 4) is 5.75 Å². The topological polar surface area (TPSA) is 46.0 Å². The number of nitrogens with zero attached hydrogens (tertiary/aromatic N) is 2. The molecule has 3 nitrogen and oxygen atoms in total. The van der Waals surface area contributed by atoms with Crippen LogP contribution in [-0.2, 0) is 32.7 Å². The average molecular weight is 284 g/mol. The molecule has 16 heavy (non-hydrogen) atoms. The zero-order valence-electron chi connectivity index (χ0n) is 8.38. The number of hydrogen-bond donors (Lipinski definition) is 1. The third-order valence-corrected chi connectivity index (χ3v) is 2.27. The van der Waals surface area contributed by atoms with E-state index in [1.807, 2.05) is 24.3 Å². The van der Waals surface area contributed by atoms with Gasteiger partial charge in [-0.1, -0.05) is 12.1 Å². The summed E-state index contributed by atoms with van der Waals surface area (Å²) in [4.78, 5) is 8.69.